The van der Waals surface area contributed by atoms with Crippen LogP contribution < -0.4 is 10.1 Å². The van der Waals surface area contributed by atoms with Gasteiger partial charge in [0.2, 0.25) is 0 Å². The van der Waals surface area contributed by atoms with Crippen LogP contribution in [0, 0.1) is 20.8 Å². The fourth-order valence-corrected chi connectivity index (χ4v) is 1.77. The molecule has 0 bridgehead atoms. The van der Waals surface area contributed by atoms with E-state index in [1.165, 1.54) is 11.1 Å². The van der Waals surface area contributed by atoms with Crippen molar-refractivity contribution in [2.45, 2.75) is 27.3 Å². The highest BCUT2D eigenvalue weighted by Gasteiger charge is 2.05. The van der Waals surface area contributed by atoms with Crippen LogP contribution in [-0.4, -0.2) is 17.0 Å². The molecule has 2 aromatic rings. The summed E-state index contributed by atoms with van der Waals surface area (Å²) >= 11 is 0. The van der Waals surface area contributed by atoms with Crippen LogP contribution in [0.15, 0.2) is 24.4 Å². The van der Waals surface area contributed by atoms with Gasteiger partial charge in [0.05, 0.1) is 0 Å². The van der Waals surface area contributed by atoms with Crippen molar-refractivity contribution >= 4 is 0 Å². The van der Waals surface area contributed by atoms with Crippen LogP contribution in [0.5, 0.6) is 11.8 Å². The first-order chi connectivity index (χ1) is 9.10. The zero-order valence-corrected chi connectivity index (χ0v) is 11.8. The van der Waals surface area contributed by atoms with Crippen LogP contribution in [0.25, 0.3) is 0 Å². The number of ether oxygens (including phenoxy) is 1. The Hall–Kier alpha value is -1.94. The van der Waals surface area contributed by atoms with Crippen LogP contribution in [0.2, 0.25) is 0 Å². The lowest BCUT2D eigenvalue weighted by molar-refractivity contribution is 0.438. The Morgan fingerprint density at radius 3 is 2.58 bits per heavy atom. The van der Waals surface area contributed by atoms with E-state index in [0.29, 0.717) is 6.01 Å². The zero-order valence-electron chi connectivity index (χ0n) is 11.8. The molecule has 2 rings (SSSR count). The molecule has 0 aliphatic carbocycles. The van der Waals surface area contributed by atoms with Crippen molar-refractivity contribution in [3.8, 4) is 11.8 Å². The lowest BCUT2D eigenvalue weighted by atomic mass is 10.1. The molecular weight excluding hydrogens is 238 g/mol. The highest BCUT2D eigenvalue weighted by molar-refractivity contribution is 5.35. The third-order valence-electron chi connectivity index (χ3n) is 3.11. The Kier molecular flexibility index (Phi) is 4.12. The molecule has 0 fully saturated rings. The SMILES string of the molecule is CNCc1cnc(Oc2ccc(C)c(C)c2)nc1C. The van der Waals surface area contributed by atoms with Crippen molar-refractivity contribution in [2.75, 3.05) is 7.05 Å². The summed E-state index contributed by atoms with van der Waals surface area (Å²) in [5, 5.41) is 3.09. The van der Waals surface area contributed by atoms with E-state index in [9.17, 15) is 0 Å². The lowest BCUT2D eigenvalue weighted by Crippen LogP contribution is -2.08. The second-order valence-electron chi connectivity index (χ2n) is 4.64. The zero-order chi connectivity index (χ0) is 13.8. The summed E-state index contributed by atoms with van der Waals surface area (Å²) in [6.45, 7) is 6.86. The van der Waals surface area contributed by atoms with Gasteiger partial charge in [-0.05, 0) is 51.1 Å². The number of aryl methyl sites for hydroxylation is 3. The molecule has 0 amide bonds. The third kappa shape index (κ3) is 3.29. The van der Waals surface area contributed by atoms with Crippen molar-refractivity contribution in [2.24, 2.45) is 0 Å². The van der Waals surface area contributed by atoms with Gasteiger partial charge in [-0.1, -0.05) is 6.07 Å². The molecule has 0 unspecified atom stereocenters. The van der Waals surface area contributed by atoms with Crippen LogP contribution in [0.4, 0.5) is 0 Å². The molecule has 1 aromatic heterocycles. The summed E-state index contributed by atoms with van der Waals surface area (Å²) in [5.41, 5.74) is 4.45. The van der Waals surface area contributed by atoms with Crippen molar-refractivity contribution < 1.29 is 4.74 Å². The Bertz CT molecular complexity index is 582. The molecule has 1 heterocycles. The summed E-state index contributed by atoms with van der Waals surface area (Å²) in [7, 11) is 1.90. The van der Waals surface area contributed by atoms with Crippen LogP contribution >= 0.6 is 0 Å². The highest BCUT2D eigenvalue weighted by atomic mass is 16.5. The first kappa shape index (κ1) is 13.5. The van der Waals surface area contributed by atoms with Gasteiger partial charge in [-0.2, -0.15) is 4.98 Å². The highest BCUT2D eigenvalue weighted by Crippen LogP contribution is 2.21. The summed E-state index contributed by atoms with van der Waals surface area (Å²) in [4.78, 5) is 8.60. The molecule has 100 valence electrons. The van der Waals surface area contributed by atoms with Crippen molar-refractivity contribution in [1.29, 1.82) is 0 Å². The summed E-state index contributed by atoms with van der Waals surface area (Å²) < 4.78 is 5.69. The molecule has 0 saturated heterocycles. The van der Waals surface area contributed by atoms with E-state index >= 15 is 0 Å². The van der Waals surface area contributed by atoms with Gasteiger partial charge >= 0.3 is 6.01 Å². The number of hydrogen-bond acceptors (Lipinski definition) is 4. The molecule has 0 atom stereocenters. The first-order valence-corrected chi connectivity index (χ1v) is 6.32. The molecule has 4 nitrogen and oxygen atoms in total. The summed E-state index contributed by atoms with van der Waals surface area (Å²) in [5.74, 6) is 0.767. The molecule has 0 spiro atoms. The van der Waals surface area contributed by atoms with E-state index in [-0.39, 0.29) is 0 Å². The maximum Gasteiger partial charge on any atom is 0.322 e. The summed E-state index contributed by atoms with van der Waals surface area (Å²) in [6, 6.07) is 6.35. The fraction of sp³-hybridized carbons (Fsp3) is 0.333. The predicted octanol–water partition coefficient (Wildman–Crippen LogP) is 2.91. The standard InChI is InChI=1S/C15H19N3O/c1-10-5-6-14(7-11(10)2)19-15-17-9-13(8-16-4)12(3)18-15/h5-7,9,16H,8H2,1-4H3. The number of aromatic nitrogens is 2. The van der Waals surface area contributed by atoms with Gasteiger partial charge < -0.3 is 10.1 Å². The number of nitrogens with one attached hydrogen (secondary N) is 1. The monoisotopic (exact) mass is 257 g/mol. The number of hydrogen-bond donors (Lipinski definition) is 1. The first-order valence-electron chi connectivity index (χ1n) is 6.32. The molecule has 0 aliphatic heterocycles. The minimum Gasteiger partial charge on any atom is -0.424 e. The normalized spacial score (nSPS) is 10.5. The largest absolute Gasteiger partial charge is 0.424 e. The molecule has 0 radical (unpaired) electrons. The maximum atomic E-state index is 5.69. The molecule has 0 aliphatic rings. The Balaban J connectivity index is 2.19. The van der Waals surface area contributed by atoms with Gasteiger partial charge in [-0.3, -0.25) is 0 Å². The van der Waals surface area contributed by atoms with E-state index in [1.54, 1.807) is 6.20 Å². The fourth-order valence-electron chi connectivity index (χ4n) is 1.77. The summed E-state index contributed by atoms with van der Waals surface area (Å²) in [6.07, 6.45) is 1.80. The molecule has 19 heavy (non-hydrogen) atoms. The number of rotatable bonds is 4. The molecular formula is C15H19N3O. The van der Waals surface area contributed by atoms with Gasteiger partial charge in [0.25, 0.3) is 0 Å². The van der Waals surface area contributed by atoms with E-state index in [1.807, 2.05) is 32.2 Å². The Labute approximate surface area is 113 Å². The van der Waals surface area contributed by atoms with Crippen LogP contribution in [-0.2, 0) is 6.54 Å². The van der Waals surface area contributed by atoms with Gasteiger partial charge in [0.1, 0.15) is 5.75 Å². The minimum atomic E-state index is 0.389. The lowest BCUT2D eigenvalue weighted by Gasteiger charge is -2.08. The average Bonchev–Trinajstić information content (AvgIpc) is 2.37. The molecule has 1 aromatic carbocycles. The molecule has 4 heteroatoms. The van der Waals surface area contributed by atoms with E-state index in [4.69, 9.17) is 4.74 Å². The van der Waals surface area contributed by atoms with Gasteiger partial charge in [0, 0.05) is 24.0 Å². The van der Waals surface area contributed by atoms with Gasteiger partial charge in [-0.15, -0.1) is 0 Å². The Morgan fingerprint density at radius 1 is 1.16 bits per heavy atom. The smallest absolute Gasteiger partial charge is 0.322 e. The minimum absolute atomic E-state index is 0.389. The second kappa shape index (κ2) is 5.80. The second-order valence-corrected chi connectivity index (χ2v) is 4.64. The van der Waals surface area contributed by atoms with E-state index in [0.717, 1.165) is 23.6 Å². The number of nitrogens with zero attached hydrogens (tertiary/aromatic N) is 2. The van der Waals surface area contributed by atoms with Gasteiger partial charge in [-0.25, -0.2) is 4.98 Å². The van der Waals surface area contributed by atoms with Crippen molar-refractivity contribution in [3.63, 3.8) is 0 Å². The average molecular weight is 257 g/mol. The topological polar surface area (TPSA) is 47.0 Å². The van der Waals surface area contributed by atoms with E-state index in [2.05, 4.69) is 29.1 Å². The predicted molar refractivity (Wildman–Crippen MR) is 75.5 cm³/mol. The van der Waals surface area contributed by atoms with Crippen LogP contribution in [0.3, 0.4) is 0 Å². The quantitative estimate of drug-likeness (QED) is 0.914. The molecule has 1 N–H and O–H groups in total. The molecule has 0 saturated carbocycles. The van der Waals surface area contributed by atoms with Crippen molar-refractivity contribution in [1.82, 2.24) is 15.3 Å². The van der Waals surface area contributed by atoms with Crippen LogP contribution in [0.1, 0.15) is 22.4 Å². The maximum absolute atomic E-state index is 5.69. The van der Waals surface area contributed by atoms with Gasteiger partial charge in [0.15, 0.2) is 0 Å². The number of benzene rings is 1. The Morgan fingerprint density at radius 2 is 1.95 bits per heavy atom. The van der Waals surface area contributed by atoms with Crippen molar-refractivity contribution in [3.05, 3.63) is 46.8 Å². The van der Waals surface area contributed by atoms with E-state index < -0.39 is 0 Å². The third-order valence-corrected chi connectivity index (χ3v) is 3.11.